The van der Waals surface area contributed by atoms with Crippen LogP contribution in [-0.4, -0.2) is 96.7 Å². The Bertz CT molecular complexity index is 1320. The minimum absolute atomic E-state index is 0.0922. The Hall–Kier alpha value is -3.55. The second-order valence-electron chi connectivity index (χ2n) is 9.73. The molecule has 204 valence electrons. The molecule has 3 heterocycles. The Balaban J connectivity index is 1.20. The van der Waals surface area contributed by atoms with Crippen LogP contribution in [0.5, 0.6) is 11.5 Å². The summed E-state index contributed by atoms with van der Waals surface area (Å²) in [5, 5.41) is 9.88. The van der Waals surface area contributed by atoms with E-state index in [-0.39, 0.29) is 5.91 Å². The number of hydrogen-bond acceptors (Lipinski definition) is 9. The van der Waals surface area contributed by atoms with E-state index in [1.807, 2.05) is 40.9 Å². The molecule has 1 aromatic heterocycles. The van der Waals surface area contributed by atoms with Crippen LogP contribution in [0.3, 0.4) is 0 Å². The van der Waals surface area contributed by atoms with Crippen molar-refractivity contribution >= 4 is 34.4 Å². The number of methoxy groups -OCH3 is 1. The van der Waals surface area contributed by atoms with Gasteiger partial charge in [-0.15, -0.1) is 0 Å². The van der Waals surface area contributed by atoms with E-state index in [0.717, 1.165) is 48.3 Å². The summed E-state index contributed by atoms with van der Waals surface area (Å²) in [6.45, 7) is 6.59. The largest absolute Gasteiger partial charge is 0.493 e. The van der Waals surface area contributed by atoms with Crippen molar-refractivity contribution in [3.8, 4) is 17.6 Å². The number of nitriles is 1. The molecule has 2 saturated heterocycles. The molecule has 9 nitrogen and oxygen atoms in total. The molecule has 2 aliphatic rings. The molecule has 0 radical (unpaired) electrons. The van der Waals surface area contributed by atoms with Crippen LogP contribution in [0.1, 0.15) is 17.5 Å². The predicted molar refractivity (Wildman–Crippen MR) is 154 cm³/mol. The second-order valence-corrected chi connectivity index (χ2v) is 11.0. The molecule has 0 atom stereocenters. The minimum Gasteiger partial charge on any atom is -0.493 e. The van der Waals surface area contributed by atoms with Gasteiger partial charge in [0.15, 0.2) is 11.5 Å². The van der Waals surface area contributed by atoms with Crippen LogP contribution in [-0.2, 0) is 11.2 Å². The van der Waals surface area contributed by atoms with Gasteiger partial charge in [0.05, 0.1) is 37.3 Å². The van der Waals surface area contributed by atoms with Crippen molar-refractivity contribution in [3.63, 3.8) is 0 Å². The number of rotatable bonds is 9. The third-order valence-electron chi connectivity index (χ3n) is 7.25. The second kappa shape index (κ2) is 13.0. The first-order chi connectivity index (χ1) is 19.1. The molecule has 2 fully saturated rings. The topological polar surface area (TPSA) is 94.8 Å². The number of amides is 1. The average Bonchev–Trinajstić information content (AvgIpc) is 2.99. The third kappa shape index (κ3) is 6.72. The molecule has 2 aliphatic heterocycles. The van der Waals surface area contributed by atoms with Gasteiger partial charge in [-0.1, -0.05) is 12.1 Å². The fraction of sp³-hybridized carbons (Fsp3) is 0.448. The van der Waals surface area contributed by atoms with E-state index >= 15 is 0 Å². The molecule has 10 heteroatoms. The van der Waals surface area contributed by atoms with Crippen molar-refractivity contribution in [2.45, 2.75) is 12.8 Å². The van der Waals surface area contributed by atoms with E-state index in [2.05, 4.69) is 25.8 Å². The van der Waals surface area contributed by atoms with Crippen molar-refractivity contribution in [3.05, 3.63) is 53.9 Å². The SMILES string of the molecule is COc1cc2c(N3CCN(C(=O)Cc4ccc(C#N)cc4)CC3)ncnc2cc1OCCCN1CCSCC1. The molecule has 0 N–H and O–H groups in total. The normalized spacial score (nSPS) is 16.2. The van der Waals surface area contributed by atoms with E-state index in [0.29, 0.717) is 56.3 Å². The molecule has 0 unspecified atom stereocenters. The number of hydrogen-bond donors (Lipinski definition) is 0. The standard InChI is InChI=1S/C29H34N6O3S/c1-37-26-18-24-25(19-27(26)38-14-2-7-33-12-15-39-16-13-33)31-21-32-29(24)35-10-8-34(9-11-35)28(36)17-22-3-5-23(20-30)6-4-22/h3-6,18-19,21H,2,7-17H2,1H3. The Morgan fingerprint density at radius 1 is 1.03 bits per heavy atom. The zero-order valence-corrected chi connectivity index (χ0v) is 23.2. The molecule has 3 aromatic rings. The molecule has 39 heavy (non-hydrogen) atoms. The molecular weight excluding hydrogens is 512 g/mol. The molecule has 0 saturated carbocycles. The summed E-state index contributed by atoms with van der Waals surface area (Å²) in [6.07, 6.45) is 2.89. The number of fused-ring (bicyclic) bond motifs is 1. The smallest absolute Gasteiger partial charge is 0.227 e. The molecule has 5 rings (SSSR count). The number of benzene rings is 2. The number of nitrogens with zero attached hydrogens (tertiary/aromatic N) is 6. The van der Waals surface area contributed by atoms with Gasteiger partial charge >= 0.3 is 0 Å². The highest BCUT2D eigenvalue weighted by Crippen LogP contribution is 2.35. The van der Waals surface area contributed by atoms with E-state index in [1.54, 1.807) is 25.6 Å². The zero-order chi connectivity index (χ0) is 27.0. The molecule has 2 aromatic carbocycles. The summed E-state index contributed by atoms with van der Waals surface area (Å²) in [5.74, 6) is 4.73. The predicted octanol–water partition coefficient (Wildman–Crippen LogP) is 3.22. The molecule has 1 amide bonds. The Morgan fingerprint density at radius 3 is 2.51 bits per heavy atom. The summed E-state index contributed by atoms with van der Waals surface area (Å²) in [5.41, 5.74) is 2.32. The number of carbonyl (C=O) groups excluding carboxylic acids is 1. The van der Waals surface area contributed by atoms with Crippen molar-refractivity contribution in [2.75, 3.05) is 75.9 Å². The number of carbonyl (C=O) groups is 1. The third-order valence-corrected chi connectivity index (χ3v) is 8.19. The number of aromatic nitrogens is 2. The van der Waals surface area contributed by atoms with Gasteiger partial charge in [0.2, 0.25) is 5.91 Å². The van der Waals surface area contributed by atoms with Crippen LogP contribution in [0, 0.1) is 11.3 Å². The Morgan fingerprint density at radius 2 is 1.79 bits per heavy atom. The first-order valence-electron chi connectivity index (χ1n) is 13.4. The lowest BCUT2D eigenvalue weighted by atomic mass is 10.1. The zero-order valence-electron chi connectivity index (χ0n) is 22.3. The fourth-order valence-corrected chi connectivity index (χ4v) is 6.00. The molecule has 0 bridgehead atoms. The van der Waals surface area contributed by atoms with Crippen molar-refractivity contribution in [2.24, 2.45) is 0 Å². The van der Waals surface area contributed by atoms with Gasteiger partial charge in [0.1, 0.15) is 12.1 Å². The first kappa shape index (κ1) is 27.0. The van der Waals surface area contributed by atoms with Crippen LogP contribution in [0.4, 0.5) is 5.82 Å². The monoisotopic (exact) mass is 546 g/mol. The maximum atomic E-state index is 12.9. The molecular formula is C29H34N6O3S. The van der Waals surface area contributed by atoms with Gasteiger partial charge in [-0.25, -0.2) is 9.97 Å². The van der Waals surface area contributed by atoms with Gasteiger partial charge in [-0.2, -0.15) is 17.0 Å². The van der Waals surface area contributed by atoms with Crippen LogP contribution in [0.15, 0.2) is 42.7 Å². The van der Waals surface area contributed by atoms with Crippen LogP contribution in [0.2, 0.25) is 0 Å². The van der Waals surface area contributed by atoms with Gasteiger partial charge in [0.25, 0.3) is 0 Å². The van der Waals surface area contributed by atoms with Crippen molar-refractivity contribution in [1.82, 2.24) is 19.8 Å². The van der Waals surface area contributed by atoms with Crippen LogP contribution < -0.4 is 14.4 Å². The maximum Gasteiger partial charge on any atom is 0.227 e. The van der Waals surface area contributed by atoms with Gasteiger partial charge in [-0.05, 0) is 30.2 Å². The van der Waals surface area contributed by atoms with Crippen LogP contribution in [0.25, 0.3) is 10.9 Å². The average molecular weight is 547 g/mol. The summed E-state index contributed by atoms with van der Waals surface area (Å²) < 4.78 is 11.8. The highest BCUT2D eigenvalue weighted by atomic mass is 32.2. The number of thioether (sulfide) groups is 1. The number of piperazine rings is 1. The van der Waals surface area contributed by atoms with E-state index in [9.17, 15) is 4.79 Å². The summed E-state index contributed by atoms with van der Waals surface area (Å²) >= 11 is 2.02. The lowest BCUT2D eigenvalue weighted by Crippen LogP contribution is -2.49. The van der Waals surface area contributed by atoms with E-state index < -0.39 is 0 Å². The minimum atomic E-state index is 0.0922. The van der Waals surface area contributed by atoms with E-state index in [1.165, 1.54) is 11.5 Å². The summed E-state index contributed by atoms with van der Waals surface area (Å²) in [6, 6.07) is 13.2. The van der Waals surface area contributed by atoms with Crippen molar-refractivity contribution < 1.29 is 14.3 Å². The Kier molecular flexibility index (Phi) is 9.01. The maximum absolute atomic E-state index is 12.9. The summed E-state index contributed by atoms with van der Waals surface area (Å²) in [7, 11) is 1.65. The quantitative estimate of drug-likeness (QED) is 0.375. The Labute approximate surface area is 233 Å². The van der Waals surface area contributed by atoms with E-state index in [4.69, 9.17) is 14.7 Å². The number of anilines is 1. The lowest BCUT2D eigenvalue weighted by Gasteiger charge is -2.36. The summed E-state index contributed by atoms with van der Waals surface area (Å²) in [4.78, 5) is 28.6. The first-order valence-corrected chi connectivity index (χ1v) is 14.6. The fourth-order valence-electron chi connectivity index (χ4n) is 5.02. The lowest BCUT2D eigenvalue weighted by molar-refractivity contribution is -0.130. The van der Waals surface area contributed by atoms with Gasteiger partial charge in [-0.3, -0.25) is 4.79 Å². The molecule has 0 aliphatic carbocycles. The number of ether oxygens (including phenoxy) is 2. The van der Waals surface area contributed by atoms with Crippen LogP contribution >= 0.6 is 11.8 Å². The van der Waals surface area contributed by atoms with Gasteiger partial charge in [0, 0.05) is 68.8 Å². The highest BCUT2D eigenvalue weighted by Gasteiger charge is 2.24. The van der Waals surface area contributed by atoms with Crippen molar-refractivity contribution in [1.29, 1.82) is 5.26 Å². The van der Waals surface area contributed by atoms with Gasteiger partial charge < -0.3 is 24.2 Å². The highest BCUT2D eigenvalue weighted by molar-refractivity contribution is 7.99. The molecule has 0 spiro atoms.